The highest BCUT2D eigenvalue weighted by atomic mass is 16.5. The van der Waals surface area contributed by atoms with Crippen molar-refractivity contribution in [2.45, 2.75) is 84.3 Å². The molecule has 0 aromatic carbocycles. The number of ketones is 1. The minimum Gasteiger partial charge on any atom is -0.462 e. The molecule has 0 heterocycles. The molecule has 0 saturated heterocycles. The first-order valence-electron chi connectivity index (χ1n) is 10.4. The number of hydrogen-bond donors (Lipinski definition) is 1. The Morgan fingerprint density at radius 3 is 2.62 bits per heavy atom. The summed E-state index contributed by atoms with van der Waals surface area (Å²) in [6, 6.07) is 0. The molecule has 0 aromatic rings. The summed E-state index contributed by atoms with van der Waals surface area (Å²) in [5.74, 6) is 1.22. The van der Waals surface area contributed by atoms with E-state index in [-0.39, 0.29) is 28.8 Å². The van der Waals surface area contributed by atoms with Gasteiger partial charge in [-0.1, -0.05) is 32.4 Å². The van der Waals surface area contributed by atoms with E-state index in [1.807, 2.05) is 6.92 Å². The highest BCUT2D eigenvalue weighted by Crippen LogP contribution is 2.64. The number of Topliss-reactive ketones (excluding diaryl/α,β-unsaturated/α-hetero) is 1. The van der Waals surface area contributed by atoms with Crippen LogP contribution in [0.4, 0.5) is 0 Å². The predicted molar refractivity (Wildman–Crippen MR) is 98.3 cm³/mol. The SMILES string of the molecule is CCC(=O)O[C@H]1CC[C@@]2(C)C(=C[C@@H](O)C3C2CC[C@]2(C)C(=O)CCC32)C1. The standard InChI is InChI=1S/C22H32O4/c1-4-19(25)26-14-7-9-21(2)13(11-14)12-17(23)20-15-5-6-18(24)22(15,3)10-8-16(20)21/h12,14-17,20,23H,4-11H2,1-3H3/t14-,15?,16?,17+,20?,21-,22-/m0/s1. The van der Waals surface area contributed by atoms with Gasteiger partial charge in [0.25, 0.3) is 0 Å². The Morgan fingerprint density at radius 1 is 1.19 bits per heavy atom. The first-order valence-corrected chi connectivity index (χ1v) is 10.4. The van der Waals surface area contributed by atoms with Crippen LogP contribution in [0.3, 0.4) is 0 Å². The van der Waals surface area contributed by atoms with E-state index in [0.717, 1.165) is 38.5 Å². The molecule has 7 atom stereocenters. The van der Waals surface area contributed by atoms with Gasteiger partial charge in [0, 0.05) is 24.7 Å². The molecule has 0 aromatic heterocycles. The van der Waals surface area contributed by atoms with Gasteiger partial charge in [0.2, 0.25) is 0 Å². The van der Waals surface area contributed by atoms with Gasteiger partial charge in [-0.3, -0.25) is 9.59 Å². The first-order chi connectivity index (χ1) is 12.3. The summed E-state index contributed by atoms with van der Waals surface area (Å²) in [7, 11) is 0. The summed E-state index contributed by atoms with van der Waals surface area (Å²) < 4.78 is 5.60. The maximum Gasteiger partial charge on any atom is 0.305 e. The average molecular weight is 360 g/mol. The molecule has 144 valence electrons. The smallest absolute Gasteiger partial charge is 0.305 e. The van der Waals surface area contributed by atoms with Gasteiger partial charge in [0.05, 0.1) is 6.10 Å². The van der Waals surface area contributed by atoms with E-state index in [2.05, 4.69) is 19.9 Å². The van der Waals surface area contributed by atoms with Crippen molar-refractivity contribution in [2.24, 2.45) is 28.6 Å². The number of carbonyl (C=O) groups is 2. The third-order valence-electron chi connectivity index (χ3n) is 8.38. The first kappa shape index (κ1) is 18.2. The predicted octanol–water partition coefficient (Wildman–Crippen LogP) is 3.81. The van der Waals surface area contributed by atoms with Crippen LogP contribution in [0.2, 0.25) is 0 Å². The zero-order chi connectivity index (χ0) is 18.7. The number of carbonyl (C=O) groups excluding carboxylic acids is 2. The summed E-state index contributed by atoms with van der Waals surface area (Å²) in [4.78, 5) is 24.2. The van der Waals surface area contributed by atoms with Gasteiger partial charge in [-0.15, -0.1) is 0 Å². The second-order valence-corrected chi connectivity index (χ2v) is 9.52. The lowest BCUT2D eigenvalue weighted by Gasteiger charge is -2.58. The van der Waals surface area contributed by atoms with Gasteiger partial charge in [-0.05, 0) is 55.3 Å². The van der Waals surface area contributed by atoms with Crippen molar-refractivity contribution in [1.82, 2.24) is 0 Å². The maximum absolute atomic E-state index is 12.5. The molecule has 0 aliphatic heterocycles. The van der Waals surface area contributed by atoms with Crippen LogP contribution in [0.15, 0.2) is 11.6 Å². The van der Waals surface area contributed by atoms with Crippen molar-refractivity contribution in [1.29, 1.82) is 0 Å². The molecule has 1 N–H and O–H groups in total. The van der Waals surface area contributed by atoms with E-state index in [0.29, 0.717) is 30.5 Å². The molecule has 0 bridgehead atoms. The van der Waals surface area contributed by atoms with Crippen LogP contribution in [0, 0.1) is 28.6 Å². The fourth-order valence-electron chi connectivity index (χ4n) is 6.76. The molecule has 26 heavy (non-hydrogen) atoms. The van der Waals surface area contributed by atoms with Gasteiger partial charge < -0.3 is 9.84 Å². The van der Waals surface area contributed by atoms with Crippen molar-refractivity contribution in [3.8, 4) is 0 Å². The topological polar surface area (TPSA) is 63.6 Å². The quantitative estimate of drug-likeness (QED) is 0.601. The monoisotopic (exact) mass is 360 g/mol. The Balaban J connectivity index is 1.62. The van der Waals surface area contributed by atoms with E-state index in [1.165, 1.54) is 5.57 Å². The number of esters is 1. The molecule has 3 unspecified atom stereocenters. The summed E-state index contributed by atoms with van der Waals surface area (Å²) in [6.07, 6.45) is 8.20. The Labute approximate surface area is 156 Å². The highest BCUT2D eigenvalue weighted by molar-refractivity contribution is 5.87. The van der Waals surface area contributed by atoms with Crippen LogP contribution in [0.5, 0.6) is 0 Å². The number of fused-ring (bicyclic) bond motifs is 5. The van der Waals surface area contributed by atoms with Crippen LogP contribution in [-0.2, 0) is 14.3 Å². The molecule has 0 radical (unpaired) electrons. The van der Waals surface area contributed by atoms with E-state index in [1.54, 1.807) is 0 Å². The average Bonchev–Trinajstić information content (AvgIpc) is 2.91. The summed E-state index contributed by atoms with van der Waals surface area (Å²) >= 11 is 0. The van der Waals surface area contributed by atoms with Crippen LogP contribution < -0.4 is 0 Å². The lowest BCUT2D eigenvalue weighted by atomic mass is 9.47. The Morgan fingerprint density at radius 2 is 1.88 bits per heavy atom. The summed E-state index contributed by atoms with van der Waals surface area (Å²) in [5.41, 5.74) is 1.13. The normalized spacial score (nSPS) is 47.5. The molecule has 0 spiro atoms. The zero-order valence-electron chi connectivity index (χ0n) is 16.3. The molecular weight excluding hydrogens is 328 g/mol. The Kier molecular flexibility index (Phi) is 4.33. The second-order valence-electron chi connectivity index (χ2n) is 9.52. The number of aliphatic hydroxyl groups is 1. The van der Waals surface area contributed by atoms with Crippen molar-refractivity contribution in [3.05, 3.63) is 11.6 Å². The van der Waals surface area contributed by atoms with Crippen LogP contribution in [0.1, 0.15) is 72.1 Å². The minimum atomic E-state index is -0.473. The van der Waals surface area contributed by atoms with Crippen LogP contribution >= 0.6 is 0 Å². The number of hydrogen-bond acceptors (Lipinski definition) is 4. The van der Waals surface area contributed by atoms with E-state index >= 15 is 0 Å². The lowest BCUT2D eigenvalue weighted by Crippen LogP contribution is -2.54. The van der Waals surface area contributed by atoms with Gasteiger partial charge in [0.1, 0.15) is 11.9 Å². The summed E-state index contributed by atoms with van der Waals surface area (Å²) in [6.45, 7) is 6.31. The number of ether oxygens (including phenoxy) is 1. The van der Waals surface area contributed by atoms with Crippen molar-refractivity contribution < 1.29 is 19.4 Å². The highest BCUT2D eigenvalue weighted by Gasteiger charge is 2.60. The molecule has 4 heteroatoms. The molecule has 4 aliphatic rings. The van der Waals surface area contributed by atoms with Gasteiger partial charge >= 0.3 is 5.97 Å². The number of aliphatic hydroxyl groups excluding tert-OH is 1. The second kappa shape index (κ2) is 6.19. The summed E-state index contributed by atoms with van der Waals surface area (Å²) in [5, 5.41) is 11.0. The fraction of sp³-hybridized carbons (Fsp3) is 0.818. The third kappa shape index (κ3) is 2.51. The van der Waals surface area contributed by atoms with E-state index in [9.17, 15) is 14.7 Å². The zero-order valence-corrected chi connectivity index (χ0v) is 16.3. The molecular formula is C22H32O4. The molecule has 4 nitrogen and oxygen atoms in total. The van der Waals surface area contributed by atoms with Crippen molar-refractivity contribution in [3.63, 3.8) is 0 Å². The largest absolute Gasteiger partial charge is 0.462 e. The minimum absolute atomic E-state index is 0.0487. The lowest BCUT2D eigenvalue weighted by molar-refractivity contribution is -0.151. The fourth-order valence-corrected chi connectivity index (χ4v) is 6.76. The molecule has 3 saturated carbocycles. The molecule has 4 aliphatic carbocycles. The molecule has 3 fully saturated rings. The van der Waals surface area contributed by atoms with E-state index in [4.69, 9.17) is 4.74 Å². The number of rotatable bonds is 2. The Hall–Kier alpha value is -1.16. The van der Waals surface area contributed by atoms with Gasteiger partial charge in [0.15, 0.2) is 0 Å². The Bertz CT molecular complexity index is 653. The van der Waals surface area contributed by atoms with Gasteiger partial charge in [-0.2, -0.15) is 0 Å². The van der Waals surface area contributed by atoms with Crippen LogP contribution in [0.25, 0.3) is 0 Å². The maximum atomic E-state index is 12.5. The van der Waals surface area contributed by atoms with Gasteiger partial charge in [-0.25, -0.2) is 0 Å². The van der Waals surface area contributed by atoms with Crippen LogP contribution in [-0.4, -0.2) is 29.1 Å². The molecule has 0 amide bonds. The van der Waals surface area contributed by atoms with E-state index < -0.39 is 6.10 Å². The third-order valence-corrected chi connectivity index (χ3v) is 8.38. The molecule has 4 rings (SSSR count). The van der Waals surface area contributed by atoms with Crippen molar-refractivity contribution >= 4 is 11.8 Å². The van der Waals surface area contributed by atoms with Crippen molar-refractivity contribution in [2.75, 3.05) is 0 Å².